The van der Waals surface area contributed by atoms with Gasteiger partial charge in [-0.25, -0.2) is 10.4 Å². The summed E-state index contributed by atoms with van der Waals surface area (Å²) in [6.45, 7) is 0. The fourth-order valence-corrected chi connectivity index (χ4v) is 2.09. The van der Waals surface area contributed by atoms with E-state index in [0.29, 0.717) is 10.6 Å². The SMILES string of the molecule is O=C(NN=Cc1cccc(Cl)c1)c1ccc2nc[nH]c2c1. The first-order valence-corrected chi connectivity index (χ1v) is 6.62. The Kier molecular flexibility index (Phi) is 3.66. The van der Waals surface area contributed by atoms with Gasteiger partial charge in [0, 0.05) is 10.6 Å². The Morgan fingerprint density at radius 3 is 3.05 bits per heavy atom. The fourth-order valence-electron chi connectivity index (χ4n) is 1.89. The van der Waals surface area contributed by atoms with E-state index in [1.165, 1.54) is 0 Å². The first-order chi connectivity index (χ1) is 10.2. The number of nitrogens with zero attached hydrogens (tertiary/aromatic N) is 2. The van der Waals surface area contributed by atoms with E-state index < -0.39 is 0 Å². The van der Waals surface area contributed by atoms with E-state index in [0.717, 1.165) is 16.6 Å². The van der Waals surface area contributed by atoms with Crippen LogP contribution in [0.15, 0.2) is 53.9 Å². The molecule has 3 rings (SSSR count). The van der Waals surface area contributed by atoms with Crippen LogP contribution in [0.3, 0.4) is 0 Å². The van der Waals surface area contributed by atoms with Gasteiger partial charge in [0.1, 0.15) is 0 Å². The number of hydrogen-bond donors (Lipinski definition) is 2. The van der Waals surface area contributed by atoms with Crippen LogP contribution in [0.1, 0.15) is 15.9 Å². The van der Waals surface area contributed by atoms with Crippen molar-refractivity contribution >= 4 is 34.8 Å². The molecule has 0 aliphatic rings. The average Bonchev–Trinajstić information content (AvgIpc) is 2.94. The van der Waals surface area contributed by atoms with E-state index in [4.69, 9.17) is 11.6 Å². The second kappa shape index (κ2) is 5.76. The zero-order valence-corrected chi connectivity index (χ0v) is 11.6. The number of carbonyl (C=O) groups excluding carboxylic acids is 1. The standard InChI is InChI=1S/C15H11ClN4O/c16-12-3-1-2-10(6-12)8-19-20-15(21)11-4-5-13-14(7-11)18-9-17-13/h1-9H,(H,17,18)(H,20,21). The molecule has 1 heterocycles. The van der Waals surface area contributed by atoms with Crippen molar-refractivity contribution in [1.82, 2.24) is 15.4 Å². The van der Waals surface area contributed by atoms with E-state index in [-0.39, 0.29) is 5.91 Å². The minimum absolute atomic E-state index is 0.287. The number of H-pyrrole nitrogens is 1. The molecule has 21 heavy (non-hydrogen) atoms. The zero-order chi connectivity index (χ0) is 14.7. The van der Waals surface area contributed by atoms with Gasteiger partial charge < -0.3 is 4.98 Å². The number of aromatic nitrogens is 2. The summed E-state index contributed by atoms with van der Waals surface area (Å²) >= 11 is 5.87. The minimum Gasteiger partial charge on any atom is -0.345 e. The molecule has 0 aliphatic heterocycles. The lowest BCUT2D eigenvalue weighted by atomic mass is 10.2. The molecule has 6 heteroatoms. The second-order valence-electron chi connectivity index (χ2n) is 4.39. The van der Waals surface area contributed by atoms with Crippen LogP contribution in [0, 0.1) is 0 Å². The highest BCUT2D eigenvalue weighted by Crippen LogP contribution is 2.11. The summed E-state index contributed by atoms with van der Waals surface area (Å²) < 4.78 is 0. The maximum absolute atomic E-state index is 12.0. The van der Waals surface area contributed by atoms with Gasteiger partial charge in [-0.3, -0.25) is 4.79 Å². The molecular formula is C15H11ClN4O. The van der Waals surface area contributed by atoms with Gasteiger partial charge in [0.05, 0.1) is 23.6 Å². The number of hydrogen-bond acceptors (Lipinski definition) is 3. The van der Waals surface area contributed by atoms with Crippen LogP contribution in [0.2, 0.25) is 5.02 Å². The van der Waals surface area contributed by atoms with E-state index >= 15 is 0 Å². The van der Waals surface area contributed by atoms with E-state index in [9.17, 15) is 4.79 Å². The molecule has 0 aliphatic carbocycles. The summed E-state index contributed by atoms with van der Waals surface area (Å²) in [5.41, 5.74) is 5.42. The second-order valence-corrected chi connectivity index (χ2v) is 4.83. The third kappa shape index (κ3) is 3.09. The number of fused-ring (bicyclic) bond motifs is 1. The van der Waals surface area contributed by atoms with Gasteiger partial charge in [0.2, 0.25) is 0 Å². The monoisotopic (exact) mass is 298 g/mol. The summed E-state index contributed by atoms with van der Waals surface area (Å²) in [6.07, 6.45) is 3.13. The summed E-state index contributed by atoms with van der Waals surface area (Å²) in [7, 11) is 0. The number of halogens is 1. The number of aromatic amines is 1. The third-order valence-corrected chi connectivity index (χ3v) is 3.15. The Morgan fingerprint density at radius 2 is 2.19 bits per heavy atom. The zero-order valence-electron chi connectivity index (χ0n) is 10.9. The summed E-state index contributed by atoms with van der Waals surface area (Å²) in [5, 5.41) is 4.54. The molecule has 104 valence electrons. The van der Waals surface area contributed by atoms with Crippen molar-refractivity contribution in [3.8, 4) is 0 Å². The molecule has 0 fully saturated rings. The highest BCUT2D eigenvalue weighted by atomic mass is 35.5. The first-order valence-electron chi connectivity index (χ1n) is 6.24. The molecule has 0 radical (unpaired) electrons. The summed E-state index contributed by atoms with van der Waals surface area (Å²) in [5.74, 6) is -0.287. The van der Waals surface area contributed by atoms with E-state index in [1.54, 1.807) is 42.9 Å². The summed E-state index contributed by atoms with van der Waals surface area (Å²) in [6, 6.07) is 12.4. The van der Waals surface area contributed by atoms with Gasteiger partial charge in [-0.05, 0) is 35.9 Å². The van der Waals surface area contributed by atoms with Gasteiger partial charge in [-0.15, -0.1) is 0 Å². The van der Waals surface area contributed by atoms with Crippen LogP contribution in [-0.2, 0) is 0 Å². The van der Waals surface area contributed by atoms with Crippen LogP contribution in [0.5, 0.6) is 0 Å². The van der Waals surface area contributed by atoms with Gasteiger partial charge >= 0.3 is 0 Å². The maximum atomic E-state index is 12.0. The number of hydrazone groups is 1. The van der Waals surface area contributed by atoms with Crippen LogP contribution in [-0.4, -0.2) is 22.1 Å². The van der Waals surface area contributed by atoms with Crippen LogP contribution in [0.4, 0.5) is 0 Å². The van der Waals surface area contributed by atoms with Gasteiger partial charge in [-0.1, -0.05) is 23.7 Å². The lowest BCUT2D eigenvalue weighted by Gasteiger charge is -2.00. The van der Waals surface area contributed by atoms with Crippen molar-refractivity contribution in [2.45, 2.75) is 0 Å². The lowest BCUT2D eigenvalue weighted by molar-refractivity contribution is 0.0955. The number of carbonyl (C=O) groups is 1. The highest BCUT2D eigenvalue weighted by molar-refractivity contribution is 6.30. The molecule has 3 aromatic rings. The molecule has 0 saturated carbocycles. The number of nitrogens with one attached hydrogen (secondary N) is 2. The Balaban J connectivity index is 1.71. The van der Waals surface area contributed by atoms with E-state index in [1.807, 2.05) is 12.1 Å². The number of benzene rings is 2. The van der Waals surface area contributed by atoms with Crippen molar-refractivity contribution in [3.63, 3.8) is 0 Å². The van der Waals surface area contributed by atoms with Crippen molar-refractivity contribution in [2.75, 3.05) is 0 Å². The molecular weight excluding hydrogens is 288 g/mol. The normalized spacial score (nSPS) is 11.1. The van der Waals surface area contributed by atoms with Crippen molar-refractivity contribution < 1.29 is 4.79 Å². The third-order valence-electron chi connectivity index (χ3n) is 2.91. The molecule has 0 unspecified atom stereocenters. The highest BCUT2D eigenvalue weighted by Gasteiger charge is 2.06. The molecule has 5 nitrogen and oxygen atoms in total. The van der Waals surface area contributed by atoms with Crippen molar-refractivity contribution in [2.24, 2.45) is 5.10 Å². The number of rotatable bonds is 3. The van der Waals surface area contributed by atoms with Crippen LogP contribution < -0.4 is 5.43 Å². The first kappa shape index (κ1) is 13.3. The van der Waals surface area contributed by atoms with Gasteiger partial charge in [-0.2, -0.15) is 5.10 Å². The van der Waals surface area contributed by atoms with Crippen LogP contribution >= 0.6 is 11.6 Å². The van der Waals surface area contributed by atoms with Gasteiger partial charge in [0.15, 0.2) is 0 Å². The van der Waals surface area contributed by atoms with Crippen molar-refractivity contribution in [1.29, 1.82) is 0 Å². The Labute approximate surface area is 125 Å². The van der Waals surface area contributed by atoms with Crippen LogP contribution in [0.25, 0.3) is 11.0 Å². The molecule has 1 amide bonds. The predicted molar refractivity (Wildman–Crippen MR) is 82.6 cm³/mol. The summed E-state index contributed by atoms with van der Waals surface area (Å²) in [4.78, 5) is 19.0. The molecule has 2 aromatic carbocycles. The molecule has 1 aromatic heterocycles. The minimum atomic E-state index is -0.287. The Hall–Kier alpha value is -2.66. The molecule has 0 saturated heterocycles. The largest absolute Gasteiger partial charge is 0.345 e. The van der Waals surface area contributed by atoms with Crippen molar-refractivity contribution in [3.05, 3.63) is 64.9 Å². The number of amides is 1. The number of imidazole rings is 1. The van der Waals surface area contributed by atoms with Gasteiger partial charge in [0.25, 0.3) is 5.91 Å². The Morgan fingerprint density at radius 1 is 1.29 bits per heavy atom. The smallest absolute Gasteiger partial charge is 0.271 e. The molecule has 0 spiro atoms. The topological polar surface area (TPSA) is 70.1 Å². The average molecular weight is 299 g/mol. The molecule has 0 atom stereocenters. The van der Waals surface area contributed by atoms with E-state index in [2.05, 4.69) is 20.5 Å². The fraction of sp³-hybridized carbons (Fsp3) is 0. The predicted octanol–water partition coefficient (Wildman–Crippen LogP) is 2.98. The quantitative estimate of drug-likeness (QED) is 0.576. The molecule has 0 bridgehead atoms. The maximum Gasteiger partial charge on any atom is 0.271 e. The lowest BCUT2D eigenvalue weighted by Crippen LogP contribution is -2.17. The Bertz CT molecular complexity index is 825. The molecule has 2 N–H and O–H groups in total.